The number of fused-ring (bicyclic) bond motifs is 4. The lowest BCUT2D eigenvalue weighted by Gasteiger charge is -2.36. The van der Waals surface area contributed by atoms with Gasteiger partial charge in [-0.15, -0.1) is 0 Å². The molecule has 1 saturated heterocycles. The zero-order valence-corrected chi connectivity index (χ0v) is 19.9. The summed E-state index contributed by atoms with van der Waals surface area (Å²) in [6, 6.07) is 17.6. The van der Waals surface area contributed by atoms with Crippen molar-refractivity contribution in [2.24, 2.45) is 5.92 Å². The molecule has 174 valence electrons. The number of aromatic nitrogens is 2. The molecule has 4 heterocycles. The number of aromatic amines is 2. The fourth-order valence-electron chi connectivity index (χ4n) is 5.15. The third kappa shape index (κ3) is 4.99. The van der Waals surface area contributed by atoms with Crippen LogP contribution in [-0.2, 0) is 19.4 Å². The highest BCUT2D eigenvalue weighted by molar-refractivity contribution is 5.85. The van der Waals surface area contributed by atoms with E-state index in [0.717, 1.165) is 18.9 Å². The first kappa shape index (κ1) is 22.2. The zero-order chi connectivity index (χ0) is 23.0. The minimum atomic E-state index is -1.14. The molecule has 0 bridgehead atoms. The molecule has 4 aromatic rings. The fourth-order valence-corrected chi connectivity index (χ4v) is 5.15. The fraction of sp³-hybridized carbons (Fsp3) is 0.429. The van der Waals surface area contributed by atoms with Gasteiger partial charge in [-0.1, -0.05) is 30.3 Å². The highest BCUT2D eigenvalue weighted by Gasteiger charge is 2.30. The Kier molecular flexibility index (Phi) is 6.02. The molecular weight excluding hydrogens is 411 g/mol. The van der Waals surface area contributed by atoms with Crippen LogP contribution in [0.2, 0.25) is 0 Å². The lowest BCUT2D eigenvalue weighted by Crippen LogP contribution is -2.44. The number of hydrogen-bond donors (Lipinski definition) is 3. The molecule has 6 rings (SSSR count). The molecule has 2 aromatic heterocycles. The topological polar surface area (TPSA) is 46.9 Å². The van der Waals surface area contributed by atoms with E-state index in [0.29, 0.717) is 12.6 Å². The van der Waals surface area contributed by atoms with Crippen molar-refractivity contribution >= 4 is 21.8 Å². The monoisotopic (exact) mass is 446 g/mol. The Hall–Kier alpha value is -2.63. The van der Waals surface area contributed by atoms with Gasteiger partial charge in [-0.25, -0.2) is 4.39 Å². The van der Waals surface area contributed by atoms with Crippen molar-refractivity contribution in [2.45, 2.75) is 51.9 Å². The van der Waals surface area contributed by atoms with Crippen molar-refractivity contribution < 1.29 is 4.39 Å². The van der Waals surface area contributed by atoms with Gasteiger partial charge in [0.2, 0.25) is 0 Å². The van der Waals surface area contributed by atoms with Crippen LogP contribution in [0, 0.1) is 5.92 Å². The third-order valence-corrected chi connectivity index (χ3v) is 6.98. The molecule has 2 aromatic carbocycles. The van der Waals surface area contributed by atoms with E-state index in [-0.39, 0.29) is 0 Å². The molecule has 1 atom stereocenters. The average molecular weight is 447 g/mol. The molecule has 0 amide bonds. The maximum Gasteiger partial charge on any atom is 0.118 e. The van der Waals surface area contributed by atoms with Gasteiger partial charge in [0.1, 0.15) is 5.67 Å². The Morgan fingerprint density at radius 2 is 1.88 bits per heavy atom. The van der Waals surface area contributed by atoms with Gasteiger partial charge in [-0.2, -0.15) is 0 Å². The van der Waals surface area contributed by atoms with Gasteiger partial charge in [0, 0.05) is 47.4 Å². The maximum absolute atomic E-state index is 13.9. The average Bonchev–Trinajstić information content (AvgIpc) is 3.34. The predicted molar refractivity (Wildman–Crippen MR) is 135 cm³/mol. The van der Waals surface area contributed by atoms with Crippen molar-refractivity contribution in [3.05, 3.63) is 71.5 Å². The quantitative estimate of drug-likeness (QED) is 0.383. The first-order valence-electron chi connectivity index (χ1n) is 12.1. The van der Waals surface area contributed by atoms with E-state index in [1.165, 1.54) is 58.1 Å². The summed E-state index contributed by atoms with van der Waals surface area (Å²) in [7, 11) is 0. The maximum atomic E-state index is 13.9. The minimum Gasteiger partial charge on any atom is -0.361 e. The van der Waals surface area contributed by atoms with E-state index < -0.39 is 5.67 Å². The smallest absolute Gasteiger partial charge is 0.118 e. The highest BCUT2D eigenvalue weighted by Crippen LogP contribution is 2.31. The van der Waals surface area contributed by atoms with E-state index in [1.54, 1.807) is 13.8 Å². The summed E-state index contributed by atoms with van der Waals surface area (Å²) < 4.78 is 13.9. The SMILES string of the molecule is CC1Cc2c([nH]c3ccccc23)CN1CC(C)(C)F.c1cc2ccc(CC3CNC3)cc2[nH]1. The van der Waals surface area contributed by atoms with Crippen molar-refractivity contribution in [1.29, 1.82) is 0 Å². The van der Waals surface area contributed by atoms with E-state index in [1.807, 2.05) is 6.20 Å². The lowest BCUT2D eigenvalue weighted by molar-refractivity contribution is 0.0853. The number of rotatable bonds is 4. The summed E-state index contributed by atoms with van der Waals surface area (Å²) in [4.78, 5) is 8.98. The Labute approximate surface area is 195 Å². The number of nitrogens with one attached hydrogen (secondary N) is 3. The van der Waals surface area contributed by atoms with Crippen LogP contribution in [-0.4, -0.2) is 46.2 Å². The minimum absolute atomic E-state index is 0.390. The van der Waals surface area contributed by atoms with E-state index >= 15 is 0 Å². The molecule has 0 spiro atoms. The van der Waals surface area contributed by atoms with Crippen molar-refractivity contribution in [3.8, 4) is 0 Å². The van der Waals surface area contributed by atoms with Crippen molar-refractivity contribution in [1.82, 2.24) is 20.2 Å². The second-order valence-corrected chi connectivity index (χ2v) is 10.4. The summed E-state index contributed by atoms with van der Waals surface area (Å²) in [6.07, 6.45) is 4.21. The van der Waals surface area contributed by atoms with E-state index in [9.17, 15) is 4.39 Å². The standard InChI is InChI=1S/C16H21FN2.C12H14N2/c1-11-8-13-12-6-4-5-7-14(12)18-15(13)9-19(11)10-16(2,3)17;1-2-11-3-4-14-12(11)6-9(1)5-10-7-13-8-10/h4-7,11,18H,8-10H2,1-3H3;1-4,6,10,13-14H,5,7-8H2. The highest BCUT2D eigenvalue weighted by atomic mass is 19.1. The normalized spacial score (nSPS) is 19.2. The molecule has 4 nitrogen and oxygen atoms in total. The summed E-state index contributed by atoms with van der Waals surface area (Å²) in [6.45, 7) is 9.17. The number of halogens is 1. The Balaban J connectivity index is 0.000000144. The molecule has 0 radical (unpaired) electrons. The van der Waals surface area contributed by atoms with Crippen LogP contribution in [0.5, 0.6) is 0 Å². The number of hydrogen-bond acceptors (Lipinski definition) is 2. The number of benzene rings is 2. The van der Waals surface area contributed by atoms with Crippen molar-refractivity contribution in [2.75, 3.05) is 19.6 Å². The van der Waals surface area contributed by atoms with Crippen LogP contribution in [0.4, 0.5) is 4.39 Å². The molecular formula is C28H35FN4. The third-order valence-electron chi connectivity index (χ3n) is 6.98. The van der Waals surface area contributed by atoms with Crippen LogP contribution in [0.3, 0.4) is 0 Å². The molecule has 33 heavy (non-hydrogen) atoms. The van der Waals surface area contributed by atoms with Gasteiger partial charge in [0.25, 0.3) is 0 Å². The molecule has 3 N–H and O–H groups in total. The van der Waals surface area contributed by atoms with E-state index in [2.05, 4.69) is 75.6 Å². The van der Waals surface area contributed by atoms with E-state index in [4.69, 9.17) is 0 Å². The Morgan fingerprint density at radius 3 is 2.64 bits per heavy atom. The molecule has 2 aliphatic heterocycles. The van der Waals surface area contributed by atoms with Gasteiger partial charge in [-0.05, 0) is 87.3 Å². The largest absolute Gasteiger partial charge is 0.361 e. The van der Waals surface area contributed by atoms with Gasteiger partial charge >= 0.3 is 0 Å². The summed E-state index contributed by atoms with van der Waals surface area (Å²) >= 11 is 0. The predicted octanol–water partition coefficient (Wildman–Crippen LogP) is 5.59. The van der Waals surface area contributed by atoms with Crippen LogP contribution < -0.4 is 5.32 Å². The number of alkyl halides is 1. The first-order valence-corrected chi connectivity index (χ1v) is 12.1. The van der Waals surface area contributed by atoms with Crippen LogP contribution in [0.25, 0.3) is 21.8 Å². The second-order valence-electron chi connectivity index (χ2n) is 10.4. The zero-order valence-electron chi connectivity index (χ0n) is 19.9. The van der Waals surface area contributed by atoms with Gasteiger partial charge in [0.05, 0.1) is 0 Å². The summed E-state index contributed by atoms with van der Waals surface area (Å²) in [5, 5.41) is 5.93. The summed E-state index contributed by atoms with van der Waals surface area (Å²) in [5.41, 5.74) is 5.43. The number of para-hydroxylation sites is 1. The number of nitrogens with zero attached hydrogens (tertiary/aromatic N) is 1. The molecule has 5 heteroatoms. The Morgan fingerprint density at radius 1 is 1.06 bits per heavy atom. The van der Waals surface area contributed by atoms with Crippen LogP contribution in [0.15, 0.2) is 54.7 Å². The molecule has 1 unspecified atom stereocenters. The second kappa shape index (κ2) is 8.96. The van der Waals surface area contributed by atoms with Gasteiger partial charge in [-0.3, -0.25) is 4.90 Å². The molecule has 0 saturated carbocycles. The number of H-pyrrole nitrogens is 2. The van der Waals surface area contributed by atoms with Crippen LogP contribution >= 0.6 is 0 Å². The van der Waals surface area contributed by atoms with Gasteiger partial charge in [0.15, 0.2) is 0 Å². The van der Waals surface area contributed by atoms with Crippen LogP contribution in [0.1, 0.15) is 37.6 Å². The summed E-state index contributed by atoms with van der Waals surface area (Å²) in [5.74, 6) is 0.849. The molecule has 2 aliphatic rings. The molecule has 1 fully saturated rings. The Bertz CT molecular complexity index is 1230. The molecule has 0 aliphatic carbocycles. The van der Waals surface area contributed by atoms with Gasteiger partial charge < -0.3 is 15.3 Å². The lowest BCUT2D eigenvalue weighted by atomic mass is 9.94. The first-order chi connectivity index (χ1) is 15.9. The van der Waals surface area contributed by atoms with Crippen molar-refractivity contribution in [3.63, 3.8) is 0 Å².